The highest BCUT2D eigenvalue weighted by molar-refractivity contribution is 5.43. The third kappa shape index (κ3) is 3.88. The highest BCUT2D eigenvalue weighted by Gasteiger charge is 2.11. The van der Waals surface area contributed by atoms with Gasteiger partial charge in [0, 0.05) is 6.20 Å². The van der Waals surface area contributed by atoms with E-state index in [-0.39, 0.29) is 5.60 Å². The van der Waals surface area contributed by atoms with Crippen molar-refractivity contribution in [3.63, 3.8) is 0 Å². The van der Waals surface area contributed by atoms with E-state index in [9.17, 15) is 0 Å². The summed E-state index contributed by atoms with van der Waals surface area (Å²) in [6.45, 7) is 8.87. The number of nitrogens with zero attached hydrogens (tertiary/aromatic N) is 1. The molecule has 0 aromatic carbocycles. The number of hydrogen-bond donors (Lipinski definition) is 1. The average molecular weight is 208 g/mol. The number of aryl methyl sites for hydroxylation is 1. The van der Waals surface area contributed by atoms with Gasteiger partial charge in [-0.15, -0.1) is 0 Å². The molecule has 0 aliphatic carbocycles. The predicted octanol–water partition coefficient (Wildman–Crippen LogP) is 2.33. The molecule has 0 saturated heterocycles. The van der Waals surface area contributed by atoms with Gasteiger partial charge in [0.25, 0.3) is 0 Å². The quantitative estimate of drug-likeness (QED) is 0.829. The molecule has 2 N–H and O–H groups in total. The van der Waals surface area contributed by atoms with E-state index in [0.29, 0.717) is 12.4 Å². The van der Waals surface area contributed by atoms with E-state index in [1.807, 2.05) is 33.8 Å². The van der Waals surface area contributed by atoms with Crippen LogP contribution in [0.1, 0.15) is 31.9 Å². The molecule has 1 rings (SSSR count). The lowest BCUT2D eigenvalue weighted by Crippen LogP contribution is -2.21. The van der Waals surface area contributed by atoms with Crippen LogP contribution >= 0.6 is 0 Å². The predicted molar refractivity (Wildman–Crippen MR) is 62.8 cm³/mol. The molecule has 3 nitrogen and oxygen atoms in total. The second-order valence-electron chi connectivity index (χ2n) is 4.70. The first-order valence-corrected chi connectivity index (χ1v) is 5.24. The largest absolute Gasteiger partial charge is 0.383 e. The molecular weight excluding hydrogens is 188 g/mol. The summed E-state index contributed by atoms with van der Waals surface area (Å²) in [5.74, 6) is 0.618. The van der Waals surface area contributed by atoms with E-state index in [1.165, 1.54) is 5.56 Å². The van der Waals surface area contributed by atoms with Crippen molar-refractivity contribution in [2.45, 2.75) is 39.7 Å². The van der Waals surface area contributed by atoms with Crippen molar-refractivity contribution in [3.8, 4) is 0 Å². The fourth-order valence-corrected chi connectivity index (χ4v) is 1.39. The summed E-state index contributed by atoms with van der Waals surface area (Å²) in [5.41, 5.74) is 7.99. The number of ether oxygens (including phenoxy) is 1. The molecule has 0 fully saturated rings. The minimum absolute atomic E-state index is 0.0924. The Morgan fingerprint density at radius 2 is 2.07 bits per heavy atom. The Kier molecular flexibility index (Phi) is 3.69. The highest BCUT2D eigenvalue weighted by Crippen LogP contribution is 2.15. The number of nitrogen functional groups attached to an aromatic ring is 1. The molecule has 0 saturated carbocycles. The summed E-state index contributed by atoms with van der Waals surface area (Å²) in [6.07, 6.45) is 2.56. The standard InChI is InChI=1S/C12H20N2O/c1-9-5-7-14-11(13)10(9)6-8-15-12(2,3)4/h5,7H,6,8H2,1-4H3,(H2,13,14). The number of aromatic nitrogens is 1. The van der Waals surface area contributed by atoms with Gasteiger partial charge in [0.2, 0.25) is 0 Å². The van der Waals surface area contributed by atoms with Crippen molar-refractivity contribution in [2.75, 3.05) is 12.3 Å². The first-order chi connectivity index (χ1) is 6.90. The van der Waals surface area contributed by atoms with Gasteiger partial charge in [-0.25, -0.2) is 4.98 Å². The van der Waals surface area contributed by atoms with Gasteiger partial charge in [-0.2, -0.15) is 0 Å². The fraction of sp³-hybridized carbons (Fsp3) is 0.583. The molecule has 0 aliphatic rings. The van der Waals surface area contributed by atoms with Crippen LogP contribution in [0.25, 0.3) is 0 Å². The first-order valence-electron chi connectivity index (χ1n) is 5.24. The number of anilines is 1. The van der Waals surface area contributed by atoms with Crippen LogP contribution in [0.3, 0.4) is 0 Å². The molecule has 0 amide bonds. The van der Waals surface area contributed by atoms with E-state index in [2.05, 4.69) is 4.98 Å². The number of hydrogen-bond acceptors (Lipinski definition) is 3. The van der Waals surface area contributed by atoms with Gasteiger partial charge >= 0.3 is 0 Å². The SMILES string of the molecule is Cc1ccnc(N)c1CCOC(C)(C)C. The molecule has 3 heteroatoms. The molecule has 1 heterocycles. The van der Waals surface area contributed by atoms with Gasteiger partial charge in [0.05, 0.1) is 12.2 Å². The zero-order valence-electron chi connectivity index (χ0n) is 10.0. The van der Waals surface area contributed by atoms with Crippen LogP contribution in [-0.4, -0.2) is 17.2 Å². The van der Waals surface area contributed by atoms with E-state index in [1.54, 1.807) is 6.20 Å². The topological polar surface area (TPSA) is 48.1 Å². The normalized spacial score (nSPS) is 11.7. The maximum atomic E-state index is 5.80. The maximum Gasteiger partial charge on any atom is 0.126 e. The second kappa shape index (κ2) is 4.62. The Hall–Kier alpha value is -1.09. The van der Waals surface area contributed by atoms with E-state index >= 15 is 0 Å². The van der Waals surface area contributed by atoms with E-state index in [4.69, 9.17) is 10.5 Å². The Morgan fingerprint density at radius 3 is 2.60 bits per heavy atom. The smallest absolute Gasteiger partial charge is 0.126 e. The molecule has 0 radical (unpaired) electrons. The molecule has 84 valence electrons. The van der Waals surface area contributed by atoms with Gasteiger partial charge in [0.1, 0.15) is 5.82 Å². The summed E-state index contributed by atoms with van der Waals surface area (Å²) in [5, 5.41) is 0. The molecule has 0 spiro atoms. The van der Waals surface area contributed by atoms with Crippen molar-refractivity contribution in [1.29, 1.82) is 0 Å². The van der Waals surface area contributed by atoms with E-state index in [0.717, 1.165) is 12.0 Å². The van der Waals surface area contributed by atoms with Crippen LogP contribution in [-0.2, 0) is 11.2 Å². The summed E-state index contributed by atoms with van der Waals surface area (Å²) in [7, 11) is 0. The summed E-state index contributed by atoms with van der Waals surface area (Å²) < 4.78 is 5.66. The molecule has 0 aliphatic heterocycles. The monoisotopic (exact) mass is 208 g/mol. The van der Waals surface area contributed by atoms with Gasteiger partial charge < -0.3 is 10.5 Å². The Morgan fingerprint density at radius 1 is 1.40 bits per heavy atom. The van der Waals surface area contributed by atoms with Crippen molar-refractivity contribution < 1.29 is 4.74 Å². The van der Waals surface area contributed by atoms with Gasteiger partial charge in [0.15, 0.2) is 0 Å². The Labute approximate surface area is 91.7 Å². The van der Waals surface area contributed by atoms with Crippen LogP contribution in [0.5, 0.6) is 0 Å². The zero-order chi connectivity index (χ0) is 11.5. The minimum atomic E-state index is -0.0924. The third-order valence-corrected chi connectivity index (χ3v) is 2.21. The zero-order valence-corrected chi connectivity index (χ0v) is 10.0. The maximum absolute atomic E-state index is 5.80. The lowest BCUT2D eigenvalue weighted by Gasteiger charge is -2.20. The van der Waals surface area contributed by atoms with Crippen molar-refractivity contribution in [1.82, 2.24) is 4.98 Å². The van der Waals surface area contributed by atoms with Crippen LogP contribution in [0.2, 0.25) is 0 Å². The number of pyridine rings is 1. The van der Waals surface area contributed by atoms with Gasteiger partial charge in [-0.05, 0) is 51.3 Å². The summed E-state index contributed by atoms with van der Waals surface area (Å²) in [4.78, 5) is 4.08. The van der Waals surface area contributed by atoms with Gasteiger partial charge in [-0.1, -0.05) is 0 Å². The minimum Gasteiger partial charge on any atom is -0.383 e. The van der Waals surface area contributed by atoms with Crippen LogP contribution in [0.4, 0.5) is 5.82 Å². The van der Waals surface area contributed by atoms with Crippen molar-refractivity contribution in [3.05, 3.63) is 23.4 Å². The number of nitrogens with two attached hydrogens (primary N) is 1. The first kappa shape index (κ1) is 12.0. The molecule has 1 aromatic heterocycles. The second-order valence-corrected chi connectivity index (χ2v) is 4.70. The third-order valence-electron chi connectivity index (χ3n) is 2.21. The van der Waals surface area contributed by atoms with Crippen LogP contribution < -0.4 is 5.73 Å². The summed E-state index contributed by atoms with van der Waals surface area (Å²) in [6, 6.07) is 1.97. The van der Waals surface area contributed by atoms with E-state index < -0.39 is 0 Å². The fourth-order valence-electron chi connectivity index (χ4n) is 1.39. The van der Waals surface area contributed by atoms with Crippen LogP contribution in [0.15, 0.2) is 12.3 Å². The molecule has 1 aromatic rings. The molecule has 0 unspecified atom stereocenters. The molecular formula is C12H20N2O. The van der Waals surface area contributed by atoms with Gasteiger partial charge in [-0.3, -0.25) is 0 Å². The average Bonchev–Trinajstić information content (AvgIpc) is 2.08. The molecule has 0 bridgehead atoms. The highest BCUT2D eigenvalue weighted by atomic mass is 16.5. The molecule has 15 heavy (non-hydrogen) atoms. The lowest BCUT2D eigenvalue weighted by atomic mass is 10.1. The Balaban J connectivity index is 2.58. The van der Waals surface area contributed by atoms with Crippen molar-refractivity contribution in [2.24, 2.45) is 0 Å². The van der Waals surface area contributed by atoms with Crippen LogP contribution in [0, 0.1) is 6.92 Å². The summed E-state index contributed by atoms with van der Waals surface area (Å²) >= 11 is 0. The Bertz CT molecular complexity index is 309. The van der Waals surface area contributed by atoms with Crippen molar-refractivity contribution >= 4 is 5.82 Å². The number of rotatable bonds is 3. The molecule has 0 atom stereocenters. The lowest BCUT2D eigenvalue weighted by molar-refractivity contribution is -0.000998.